The maximum atomic E-state index is 4.24. The molecule has 1 nitrogen and oxygen atoms in total. The van der Waals surface area contributed by atoms with E-state index in [1.54, 1.807) is 0 Å². The number of nitrogens with zero attached hydrogens (tertiary/aromatic N) is 1. The van der Waals surface area contributed by atoms with Crippen LogP contribution in [0.5, 0.6) is 0 Å². The van der Waals surface area contributed by atoms with Crippen LogP contribution in [0.4, 0.5) is 5.69 Å². The first-order valence-corrected chi connectivity index (χ1v) is 10.1. The van der Waals surface area contributed by atoms with Gasteiger partial charge in [0.1, 0.15) is 0 Å². The van der Waals surface area contributed by atoms with E-state index in [4.69, 9.17) is 0 Å². The van der Waals surface area contributed by atoms with Crippen LogP contribution in [0.1, 0.15) is 64.9 Å². The Morgan fingerprint density at radius 3 is 2.38 bits per heavy atom. The summed E-state index contributed by atoms with van der Waals surface area (Å²) >= 11 is 1.83. The fraction of sp³-hybridized carbons (Fsp3) is 0.545. The Labute approximate surface area is 154 Å². The van der Waals surface area contributed by atoms with Crippen molar-refractivity contribution in [1.82, 2.24) is 0 Å². The summed E-state index contributed by atoms with van der Waals surface area (Å²) in [7, 11) is 0. The Hall–Kier alpha value is -1.15. The van der Waals surface area contributed by atoms with Gasteiger partial charge in [-0.05, 0) is 74.6 Å². The van der Waals surface area contributed by atoms with Gasteiger partial charge in [0, 0.05) is 23.7 Å². The lowest BCUT2D eigenvalue weighted by molar-refractivity contribution is 0.703. The number of hydrogen-bond acceptors (Lipinski definition) is 2. The molecule has 0 aromatic heterocycles. The number of rotatable bonds is 12. The molecule has 0 spiro atoms. The van der Waals surface area contributed by atoms with Crippen molar-refractivity contribution in [1.29, 1.82) is 0 Å². The molecule has 134 valence electrons. The van der Waals surface area contributed by atoms with Gasteiger partial charge in [-0.15, -0.1) is 6.58 Å². The van der Waals surface area contributed by atoms with Crippen LogP contribution < -0.4 is 4.90 Å². The number of thioether (sulfide) groups is 1. The van der Waals surface area contributed by atoms with Gasteiger partial charge < -0.3 is 4.90 Å². The molecule has 1 rings (SSSR count). The molecule has 0 fully saturated rings. The topological polar surface area (TPSA) is 3.24 Å². The summed E-state index contributed by atoms with van der Waals surface area (Å²) in [6.45, 7) is 19.3. The fourth-order valence-electron chi connectivity index (χ4n) is 2.73. The Bertz CT molecular complexity index is 533. The zero-order valence-electron chi connectivity index (χ0n) is 16.2. The average Bonchev–Trinajstić information content (AvgIpc) is 2.53. The molecule has 0 amide bonds. The summed E-state index contributed by atoms with van der Waals surface area (Å²) in [5, 5.41) is 0. The Balaban J connectivity index is 2.68. The lowest BCUT2D eigenvalue weighted by Crippen LogP contribution is -2.25. The van der Waals surface area contributed by atoms with Crippen molar-refractivity contribution in [3.05, 3.63) is 47.4 Å². The van der Waals surface area contributed by atoms with E-state index < -0.39 is 0 Å². The lowest BCUT2D eigenvalue weighted by atomic mass is 10.1. The third-order valence-electron chi connectivity index (χ3n) is 4.11. The van der Waals surface area contributed by atoms with Crippen LogP contribution in [0.2, 0.25) is 0 Å². The molecule has 0 aliphatic heterocycles. The summed E-state index contributed by atoms with van der Waals surface area (Å²) in [5.41, 5.74) is 3.98. The van der Waals surface area contributed by atoms with Crippen molar-refractivity contribution in [2.24, 2.45) is 0 Å². The Kier molecular flexibility index (Phi) is 9.94. The highest BCUT2D eigenvalue weighted by molar-refractivity contribution is 8.03. The van der Waals surface area contributed by atoms with Crippen molar-refractivity contribution in [2.75, 3.05) is 18.0 Å². The molecule has 1 aromatic carbocycles. The van der Waals surface area contributed by atoms with Crippen molar-refractivity contribution in [2.45, 2.75) is 71.1 Å². The number of unbranched alkanes of at least 4 members (excludes halogenated alkanes) is 1. The lowest BCUT2D eigenvalue weighted by Gasteiger charge is -2.25. The molecule has 0 aliphatic rings. The van der Waals surface area contributed by atoms with Crippen molar-refractivity contribution < 1.29 is 0 Å². The van der Waals surface area contributed by atoms with E-state index in [-0.39, 0.29) is 0 Å². The molecule has 24 heavy (non-hydrogen) atoms. The van der Waals surface area contributed by atoms with E-state index in [0.29, 0.717) is 0 Å². The molecular formula is C22H35NS. The maximum Gasteiger partial charge on any atom is 0.0369 e. The molecule has 0 unspecified atom stereocenters. The zero-order valence-corrected chi connectivity index (χ0v) is 17.0. The predicted octanol–water partition coefficient (Wildman–Crippen LogP) is 7.36. The third-order valence-corrected chi connectivity index (χ3v) is 5.28. The highest BCUT2D eigenvalue weighted by Gasteiger charge is 2.08. The third kappa shape index (κ3) is 7.61. The SMILES string of the molecule is C=C(C)CCCC(=C)Sc1ccc(N(CCC)CCCC)cc1C. The van der Waals surface area contributed by atoms with Crippen LogP contribution in [0, 0.1) is 6.92 Å². The quantitative estimate of drug-likeness (QED) is 0.287. The van der Waals surface area contributed by atoms with Crippen LogP contribution >= 0.6 is 11.8 Å². The van der Waals surface area contributed by atoms with Gasteiger partial charge in [-0.2, -0.15) is 0 Å². The van der Waals surface area contributed by atoms with Crippen LogP contribution in [-0.4, -0.2) is 13.1 Å². The minimum absolute atomic E-state index is 1.07. The molecule has 0 saturated carbocycles. The van der Waals surface area contributed by atoms with Crippen molar-refractivity contribution >= 4 is 17.4 Å². The number of anilines is 1. The van der Waals surface area contributed by atoms with Gasteiger partial charge in [0.25, 0.3) is 0 Å². The van der Waals surface area contributed by atoms with E-state index in [1.165, 1.54) is 45.9 Å². The summed E-state index contributed by atoms with van der Waals surface area (Å²) < 4.78 is 0. The van der Waals surface area contributed by atoms with Gasteiger partial charge in [-0.25, -0.2) is 0 Å². The second-order valence-corrected chi connectivity index (χ2v) is 7.96. The minimum atomic E-state index is 1.07. The summed E-state index contributed by atoms with van der Waals surface area (Å²) in [6.07, 6.45) is 7.02. The Morgan fingerprint density at radius 1 is 1.04 bits per heavy atom. The van der Waals surface area contributed by atoms with E-state index in [0.717, 1.165) is 32.4 Å². The van der Waals surface area contributed by atoms with E-state index in [9.17, 15) is 0 Å². The molecule has 0 heterocycles. The first-order valence-electron chi connectivity index (χ1n) is 9.33. The van der Waals surface area contributed by atoms with Crippen LogP contribution in [0.15, 0.2) is 46.7 Å². The minimum Gasteiger partial charge on any atom is -0.372 e. The summed E-state index contributed by atoms with van der Waals surface area (Å²) in [4.78, 5) is 5.11. The molecular weight excluding hydrogens is 310 g/mol. The van der Waals surface area contributed by atoms with E-state index in [2.05, 4.69) is 64.0 Å². The highest BCUT2D eigenvalue weighted by Crippen LogP contribution is 2.33. The molecule has 0 atom stereocenters. The smallest absolute Gasteiger partial charge is 0.0369 e. The fourth-order valence-corrected chi connectivity index (χ4v) is 3.64. The maximum absolute atomic E-state index is 4.24. The van der Waals surface area contributed by atoms with Gasteiger partial charge in [0.05, 0.1) is 0 Å². The van der Waals surface area contributed by atoms with E-state index >= 15 is 0 Å². The molecule has 2 heteroatoms. The molecule has 0 radical (unpaired) electrons. The van der Waals surface area contributed by atoms with Gasteiger partial charge in [-0.3, -0.25) is 0 Å². The predicted molar refractivity (Wildman–Crippen MR) is 112 cm³/mol. The normalized spacial score (nSPS) is 10.7. The standard InChI is InChI=1S/C22H35NS/c1-7-9-16-23(15-8-2)21-13-14-22(19(5)17-21)24-20(6)12-10-11-18(3)4/h13-14,17H,3,6-12,15-16H2,1-2,4-5H3. The number of hydrogen-bond donors (Lipinski definition) is 0. The summed E-state index contributed by atoms with van der Waals surface area (Å²) in [6, 6.07) is 6.89. The number of allylic oxidation sites excluding steroid dienone is 2. The van der Waals surface area contributed by atoms with Crippen LogP contribution in [-0.2, 0) is 0 Å². The van der Waals surface area contributed by atoms with E-state index in [1.807, 2.05) is 11.8 Å². The van der Waals surface area contributed by atoms with Gasteiger partial charge >= 0.3 is 0 Å². The first kappa shape index (κ1) is 20.9. The van der Waals surface area contributed by atoms with Gasteiger partial charge in [-0.1, -0.05) is 44.2 Å². The van der Waals surface area contributed by atoms with Crippen molar-refractivity contribution in [3.8, 4) is 0 Å². The second kappa shape index (κ2) is 11.4. The van der Waals surface area contributed by atoms with Gasteiger partial charge in [0.15, 0.2) is 0 Å². The highest BCUT2D eigenvalue weighted by atomic mass is 32.2. The second-order valence-electron chi connectivity index (χ2n) is 6.74. The zero-order chi connectivity index (χ0) is 17.9. The molecule has 1 aromatic rings. The van der Waals surface area contributed by atoms with Gasteiger partial charge in [0.2, 0.25) is 0 Å². The average molecular weight is 346 g/mol. The summed E-state index contributed by atoms with van der Waals surface area (Å²) in [5.74, 6) is 0. The van der Waals surface area contributed by atoms with Crippen molar-refractivity contribution in [3.63, 3.8) is 0 Å². The number of benzene rings is 1. The monoisotopic (exact) mass is 345 g/mol. The first-order chi connectivity index (χ1) is 11.5. The van der Waals surface area contributed by atoms with Crippen LogP contribution in [0.25, 0.3) is 0 Å². The molecule has 0 N–H and O–H groups in total. The molecule has 0 bridgehead atoms. The molecule has 0 aliphatic carbocycles. The largest absolute Gasteiger partial charge is 0.372 e. The molecule has 0 saturated heterocycles. The number of aryl methyl sites for hydroxylation is 1. The Morgan fingerprint density at radius 2 is 1.79 bits per heavy atom. The van der Waals surface area contributed by atoms with Crippen LogP contribution in [0.3, 0.4) is 0 Å².